The molecule has 0 aliphatic carbocycles. The van der Waals surface area contributed by atoms with Crippen LogP contribution in [0, 0.1) is 25.2 Å². The third kappa shape index (κ3) is 1.68. The highest BCUT2D eigenvalue weighted by atomic mass is 35.5. The number of hydrogen-bond donors (Lipinski definition) is 0. The van der Waals surface area contributed by atoms with Gasteiger partial charge in [0.25, 0.3) is 0 Å². The number of aryl methyl sites for hydroxylation is 2. The molecule has 0 bridgehead atoms. The van der Waals surface area contributed by atoms with Gasteiger partial charge in [-0.1, -0.05) is 23.7 Å². The first kappa shape index (κ1) is 10.7. The van der Waals surface area contributed by atoms with E-state index in [0.29, 0.717) is 10.6 Å². The maximum atomic E-state index is 9.06. The third-order valence-corrected chi connectivity index (χ3v) is 2.80. The maximum absolute atomic E-state index is 9.06. The minimum atomic E-state index is 0.596. The quantitative estimate of drug-likeness (QED) is 0.757. The minimum Gasteiger partial charge on any atom is -0.238 e. The molecule has 0 radical (unpaired) electrons. The van der Waals surface area contributed by atoms with Gasteiger partial charge in [0.2, 0.25) is 0 Å². The summed E-state index contributed by atoms with van der Waals surface area (Å²) in [6.45, 7) is 3.78. The van der Waals surface area contributed by atoms with Crippen LogP contribution in [-0.2, 0) is 0 Å². The smallest absolute Gasteiger partial charge is 0.101 e. The normalized spacial score (nSPS) is 10.1. The van der Waals surface area contributed by atoms with Crippen LogP contribution in [0.5, 0.6) is 0 Å². The Kier molecular flexibility index (Phi) is 2.67. The van der Waals surface area contributed by atoms with E-state index in [-0.39, 0.29) is 0 Å². The Hall–Kier alpha value is -1.79. The van der Waals surface area contributed by atoms with Crippen molar-refractivity contribution >= 4 is 11.6 Å². The number of nitrogens with zero attached hydrogens (tertiary/aromatic N) is 3. The van der Waals surface area contributed by atoms with Crippen LogP contribution in [0.25, 0.3) is 5.69 Å². The number of aromatic nitrogens is 2. The highest BCUT2D eigenvalue weighted by Crippen LogP contribution is 2.21. The molecule has 1 aromatic heterocycles. The van der Waals surface area contributed by atoms with Gasteiger partial charge in [-0.3, -0.25) is 0 Å². The third-order valence-electron chi connectivity index (χ3n) is 2.43. The highest BCUT2D eigenvalue weighted by molar-refractivity contribution is 6.31. The summed E-state index contributed by atoms with van der Waals surface area (Å²) in [5, 5.41) is 13.9. The fourth-order valence-electron chi connectivity index (χ4n) is 1.61. The van der Waals surface area contributed by atoms with Gasteiger partial charge >= 0.3 is 0 Å². The average Bonchev–Trinajstić information content (AvgIpc) is 2.58. The standard InChI is InChI=1S/C12H10ClN3/c1-8-4-3-5-10(6-14)12(8)16-7-11(13)9(2)15-16/h3-5,7H,1-2H3. The van der Waals surface area contributed by atoms with Crippen LogP contribution in [0.15, 0.2) is 24.4 Å². The van der Waals surface area contributed by atoms with Crippen LogP contribution in [0.2, 0.25) is 5.02 Å². The predicted molar refractivity (Wildman–Crippen MR) is 62.8 cm³/mol. The maximum Gasteiger partial charge on any atom is 0.101 e. The molecule has 0 atom stereocenters. The molecule has 2 rings (SSSR count). The van der Waals surface area contributed by atoms with Crippen molar-refractivity contribution < 1.29 is 0 Å². The highest BCUT2D eigenvalue weighted by Gasteiger charge is 2.10. The van der Waals surface area contributed by atoms with Gasteiger partial charge in [-0.05, 0) is 25.5 Å². The van der Waals surface area contributed by atoms with Gasteiger partial charge in [0, 0.05) is 6.20 Å². The molecule has 16 heavy (non-hydrogen) atoms. The van der Waals surface area contributed by atoms with E-state index in [0.717, 1.165) is 16.9 Å². The van der Waals surface area contributed by atoms with Crippen molar-refractivity contribution in [2.24, 2.45) is 0 Å². The van der Waals surface area contributed by atoms with Gasteiger partial charge in [-0.25, -0.2) is 4.68 Å². The van der Waals surface area contributed by atoms with Crippen LogP contribution in [0.4, 0.5) is 0 Å². The number of nitriles is 1. The predicted octanol–water partition coefficient (Wildman–Crippen LogP) is 3.01. The molecule has 2 aromatic rings. The summed E-state index contributed by atoms with van der Waals surface area (Å²) in [5.74, 6) is 0. The van der Waals surface area contributed by atoms with Gasteiger partial charge in [0.05, 0.1) is 22.0 Å². The molecule has 4 heteroatoms. The van der Waals surface area contributed by atoms with E-state index in [2.05, 4.69) is 11.2 Å². The van der Waals surface area contributed by atoms with Crippen molar-refractivity contribution in [1.82, 2.24) is 9.78 Å². The Morgan fingerprint density at radius 2 is 2.12 bits per heavy atom. The molecule has 3 nitrogen and oxygen atoms in total. The van der Waals surface area contributed by atoms with Gasteiger partial charge in [-0.15, -0.1) is 0 Å². The zero-order valence-corrected chi connectivity index (χ0v) is 9.78. The molecular weight excluding hydrogens is 222 g/mol. The van der Waals surface area contributed by atoms with Crippen molar-refractivity contribution in [2.75, 3.05) is 0 Å². The number of para-hydroxylation sites is 1. The summed E-state index contributed by atoms with van der Waals surface area (Å²) >= 11 is 5.96. The summed E-state index contributed by atoms with van der Waals surface area (Å²) in [4.78, 5) is 0. The van der Waals surface area contributed by atoms with Crippen LogP contribution in [0.1, 0.15) is 16.8 Å². The van der Waals surface area contributed by atoms with Crippen molar-refractivity contribution in [2.45, 2.75) is 13.8 Å². The van der Waals surface area contributed by atoms with E-state index >= 15 is 0 Å². The Labute approximate surface area is 98.9 Å². The number of benzene rings is 1. The second-order valence-corrected chi connectivity index (χ2v) is 4.00. The number of halogens is 1. The lowest BCUT2D eigenvalue weighted by Gasteiger charge is -2.07. The Balaban J connectivity index is 2.69. The van der Waals surface area contributed by atoms with Gasteiger partial charge in [0.1, 0.15) is 6.07 Å². The first-order chi connectivity index (χ1) is 7.63. The second-order valence-electron chi connectivity index (χ2n) is 3.59. The molecule has 0 unspecified atom stereocenters. The first-order valence-electron chi connectivity index (χ1n) is 4.85. The van der Waals surface area contributed by atoms with E-state index < -0.39 is 0 Å². The molecule has 0 N–H and O–H groups in total. The summed E-state index contributed by atoms with van der Waals surface area (Å²) in [7, 11) is 0. The lowest BCUT2D eigenvalue weighted by molar-refractivity contribution is 0.853. The average molecular weight is 232 g/mol. The summed E-state index contributed by atoms with van der Waals surface area (Å²) in [5.41, 5.74) is 3.14. The number of rotatable bonds is 1. The van der Waals surface area contributed by atoms with Crippen LogP contribution >= 0.6 is 11.6 Å². The van der Waals surface area contributed by atoms with Crippen molar-refractivity contribution in [3.05, 3.63) is 46.2 Å². The van der Waals surface area contributed by atoms with Gasteiger partial charge in [-0.2, -0.15) is 10.4 Å². The fraction of sp³-hybridized carbons (Fsp3) is 0.167. The van der Waals surface area contributed by atoms with Gasteiger partial charge < -0.3 is 0 Å². The molecule has 80 valence electrons. The van der Waals surface area contributed by atoms with E-state index in [1.807, 2.05) is 26.0 Å². The SMILES string of the molecule is Cc1cccc(C#N)c1-n1cc(Cl)c(C)n1. The van der Waals surface area contributed by atoms with Crippen molar-refractivity contribution in [3.8, 4) is 11.8 Å². The topological polar surface area (TPSA) is 41.6 Å². The molecule has 0 aliphatic heterocycles. The largest absolute Gasteiger partial charge is 0.238 e. The molecule has 0 spiro atoms. The zero-order valence-electron chi connectivity index (χ0n) is 9.03. The van der Waals surface area contributed by atoms with E-state index in [1.54, 1.807) is 16.9 Å². The minimum absolute atomic E-state index is 0.596. The molecule has 0 fully saturated rings. The van der Waals surface area contributed by atoms with Crippen LogP contribution in [-0.4, -0.2) is 9.78 Å². The van der Waals surface area contributed by atoms with Crippen LogP contribution in [0.3, 0.4) is 0 Å². The molecular formula is C12H10ClN3. The van der Waals surface area contributed by atoms with Crippen molar-refractivity contribution in [3.63, 3.8) is 0 Å². The first-order valence-corrected chi connectivity index (χ1v) is 5.23. The Bertz CT molecular complexity index is 559. The van der Waals surface area contributed by atoms with E-state index in [1.165, 1.54) is 0 Å². The summed E-state index contributed by atoms with van der Waals surface area (Å²) in [6, 6.07) is 7.73. The number of hydrogen-bond acceptors (Lipinski definition) is 2. The van der Waals surface area contributed by atoms with Crippen LogP contribution < -0.4 is 0 Å². The zero-order chi connectivity index (χ0) is 11.7. The molecule has 0 aliphatic rings. The molecule has 0 saturated carbocycles. The fourth-order valence-corrected chi connectivity index (χ4v) is 1.74. The van der Waals surface area contributed by atoms with Crippen molar-refractivity contribution in [1.29, 1.82) is 5.26 Å². The Morgan fingerprint density at radius 1 is 1.38 bits per heavy atom. The van der Waals surface area contributed by atoms with Gasteiger partial charge in [0.15, 0.2) is 0 Å². The summed E-state index contributed by atoms with van der Waals surface area (Å²) in [6.07, 6.45) is 1.72. The Morgan fingerprint density at radius 3 is 2.69 bits per heavy atom. The molecule has 0 amide bonds. The lowest BCUT2D eigenvalue weighted by atomic mass is 10.1. The van der Waals surface area contributed by atoms with E-state index in [4.69, 9.17) is 16.9 Å². The van der Waals surface area contributed by atoms with E-state index in [9.17, 15) is 0 Å². The lowest BCUT2D eigenvalue weighted by Crippen LogP contribution is -2.01. The molecule has 1 heterocycles. The monoisotopic (exact) mass is 231 g/mol. The second kappa shape index (κ2) is 3.99. The summed E-state index contributed by atoms with van der Waals surface area (Å²) < 4.78 is 1.66. The molecule has 1 aromatic carbocycles. The molecule has 0 saturated heterocycles.